The van der Waals surface area contributed by atoms with Crippen LogP contribution in [0.3, 0.4) is 0 Å². The van der Waals surface area contributed by atoms with Crippen LogP contribution < -0.4 is 15.5 Å². The first-order valence-electron chi connectivity index (χ1n) is 9.36. The van der Waals surface area contributed by atoms with Crippen LogP contribution in [0.15, 0.2) is 41.4 Å². The average molecular weight is 470 g/mol. The summed E-state index contributed by atoms with van der Waals surface area (Å²) < 4.78 is 5.65. The smallest absolute Gasteiger partial charge is 0.191 e. The van der Waals surface area contributed by atoms with Gasteiger partial charge in [-0.15, -0.1) is 24.0 Å². The van der Waals surface area contributed by atoms with Gasteiger partial charge in [0.2, 0.25) is 0 Å². The van der Waals surface area contributed by atoms with Crippen LogP contribution in [0.4, 0.5) is 5.69 Å². The van der Waals surface area contributed by atoms with E-state index < -0.39 is 0 Å². The highest BCUT2D eigenvalue weighted by atomic mass is 127. The van der Waals surface area contributed by atoms with Crippen molar-refractivity contribution in [2.24, 2.45) is 10.9 Å². The first-order chi connectivity index (χ1) is 12.3. The minimum Gasteiger partial charge on any atom is -0.381 e. The molecule has 0 saturated heterocycles. The second-order valence-corrected chi connectivity index (χ2v) is 6.77. The number of hydrogen-bond donors (Lipinski definition) is 2. The van der Waals surface area contributed by atoms with Gasteiger partial charge in [-0.2, -0.15) is 0 Å². The molecule has 0 unspecified atom stereocenters. The first kappa shape index (κ1) is 21.0. The van der Waals surface area contributed by atoms with Crippen LogP contribution in [-0.2, 0) is 11.3 Å². The Morgan fingerprint density at radius 2 is 2.04 bits per heavy atom. The number of aliphatic imine (C=N–C) groups is 1. The molecule has 3 rings (SSSR count). The molecule has 1 aromatic carbocycles. The minimum absolute atomic E-state index is 0. The molecule has 0 spiro atoms. The van der Waals surface area contributed by atoms with Crippen molar-refractivity contribution in [1.29, 1.82) is 0 Å². The molecule has 0 radical (unpaired) electrons. The van der Waals surface area contributed by atoms with Crippen LogP contribution in [0.1, 0.15) is 24.8 Å². The molecule has 1 fully saturated rings. The average Bonchev–Trinajstić information content (AvgIpc) is 3.30. The van der Waals surface area contributed by atoms with Crippen LogP contribution in [0.2, 0.25) is 0 Å². The Balaban J connectivity index is 0.00000243. The van der Waals surface area contributed by atoms with Crippen molar-refractivity contribution >= 4 is 35.6 Å². The summed E-state index contributed by atoms with van der Waals surface area (Å²) in [5.41, 5.74) is 2.54. The number of nitrogens with one attached hydrogen (secondary N) is 2. The van der Waals surface area contributed by atoms with Crippen molar-refractivity contribution in [3.63, 3.8) is 0 Å². The van der Waals surface area contributed by atoms with E-state index in [1.807, 2.05) is 7.05 Å². The number of ether oxygens (including phenoxy) is 1. The molecule has 1 aromatic rings. The minimum atomic E-state index is 0. The van der Waals surface area contributed by atoms with Crippen molar-refractivity contribution in [3.8, 4) is 0 Å². The first-order valence-corrected chi connectivity index (χ1v) is 9.36. The Labute approximate surface area is 174 Å². The number of rotatable bonds is 9. The Kier molecular flexibility index (Phi) is 9.25. The van der Waals surface area contributed by atoms with Crippen LogP contribution in [0.25, 0.3) is 0 Å². The third-order valence-electron chi connectivity index (χ3n) is 4.59. The molecular formula is C20H31IN4O. The van der Waals surface area contributed by atoms with E-state index in [0.717, 1.165) is 57.7 Å². The molecule has 5 nitrogen and oxygen atoms in total. The van der Waals surface area contributed by atoms with Gasteiger partial charge in [0.25, 0.3) is 0 Å². The number of hydrogen-bond acceptors (Lipinski definition) is 3. The number of guanidine groups is 1. The Hall–Kier alpha value is -1.28. The largest absolute Gasteiger partial charge is 0.381 e. The SMILES string of the molecule is CN=C(NCCCOCC1CC1)NCc1cccc(N2CC=CC2)c1.I. The van der Waals surface area contributed by atoms with E-state index in [2.05, 4.69) is 56.9 Å². The van der Waals surface area contributed by atoms with Gasteiger partial charge in [-0.3, -0.25) is 4.99 Å². The summed E-state index contributed by atoms with van der Waals surface area (Å²) in [4.78, 5) is 6.65. The maximum absolute atomic E-state index is 5.65. The van der Waals surface area contributed by atoms with Crippen LogP contribution in [-0.4, -0.2) is 45.9 Å². The zero-order valence-electron chi connectivity index (χ0n) is 15.6. The van der Waals surface area contributed by atoms with Crippen LogP contribution in [0, 0.1) is 5.92 Å². The second kappa shape index (κ2) is 11.4. The van der Waals surface area contributed by atoms with Gasteiger partial charge in [-0.05, 0) is 42.9 Å². The van der Waals surface area contributed by atoms with Crippen LogP contribution in [0.5, 0.6) is 0 Å². The van der Waals surface area contributed by atoms with Crippen LogP contribution >= 0.6 is 24.0 Å². The predicted molar refractivity (Wildman–Crippen MR) is 120 cm³/mol. The van der Waals surface area contributed by atoms with E-state index in [9.17, 15) is 0 Å². The van der Waals surface area contributed by atoms with E-state index in [4.69, 9.17) is 4.74 Å². The third kappa shape index (κ3) is 7.15. The summed E-state index contributed by atoms with van der Waals surface area (Å²) in [6, 6.07) is 8.70. The molecule has 1 heterocycles. The fourth-order valence-corrected chi connectivity index (χ4v) is 2.87. The van der Waals surface area contributed by atoms with Gasteiger partial charge in [-0.1, -0.05) is 24.3 Å². The van der Waals surface area contributed by atoms with Gasteiger partial charge in [0.15, 0.2) is 5.96 Å². The van der Waals surface area contributed by atoms with Gasteiger partial charge in [0.05, 0.1) is 0 Å². The van der Waals surface area contributed by atoms with Gasteiger partial charge in [0.1, 0.15) is 0 Å². The zero-order valence-corrected chi connectivity index (χ0v) is 17.9. The molecule has 6 heteroatoms. The number of nitrogens with zero attached hydrogens (tertiary/aromatic N) is 2. The topological polar surface area (TPSA) is 48.9 Å². The van der Waals surface area contributed by atoms with E-state index in [-0.39, 0.29) is 24.0 Å². The van der Waals surface area contributed by atoms with Gasteiger partial charge in [-0.25, -0.2) is 0 Å². The Morgan fingerprint density at radius 1 is 1.23 bits per heavy atom. The highest BCUT2D eigenvalue weighted by molar-refractivity contribution is 14.0. The molecule has 0 aromatic heterocycles. The summed E-state index contributed by atoms with van der Waals surface area (Å²) in [5, 5.41) is 6.74. The van der Waals surface area contributed by atoms with Crippen molar-refractivity contribution in [2.75, 3.05) is 44.8 Å². The molecule has 1 aliphatic heterocycles. The number of anilines is 1. The summed E-state index contributed by atoms with van der Waals surface area (Å²) in [5.74, 6) is 1.69. The monoisotopic (exact) mass is 470 g/mol. The molecule has 0 atom stereocenters. The molecule has 2 aliphatic rings. The van der Waals surface area contributed by atoms with Gasteiger partial charge < -0.3 is 20.3 Å². The zero-order chi connectivity index (χ0) is 17.3. The molecule has 0 bridgehead atoms. The highest BCUT2D eigenvalue weighted by Gasteiger charge is 2.20. The second-order valence-electron chi connectivity index (χ2n) is 6.77. The molecule has 144 valence electrons. The van der Waals surface area contributed by atoms with Crippen molar-refractivity contribution < 1.29 is 4.74 Å². The summed E-state index contributed by atoms with van der Waals surface area (Å²) in [6.45, 7) is 5.42. The Bertz CT molecular complexity index is 593. The molecule has 1 aliphatic carbocycles. The summed E-state index contributed by atoms with van der Waals surface area (Å²) in [6.07, 6.45) is 8.13. The molecule has 1 saturated carbocycles. The fraction of sp³-hybridized carbons (Fsp3) is 0.550. The normalized spacial score (nSPS) is 16.5. The van der Waals surface area contributed by atoms with Gasteiger partial charge >= 0.3 is 0 Å². The van der Waals surface area contributed by atoms with E-state index in [1.54, 1.807) is 0 Å². The lowest BCUT2D eigenvalue weighted by Crippen LogP contribution is -2.37. The maximum Gasteiger partial charge on any atom is 0.191 e. The number of halogens is 1. The van der Waals surface area contributed by atoms with Crippen molar-refractivity contribution in [1.82, 2.24) is 10.6 Å². The lowest BCUT2D eigenvalue weighted by Gasteiger charge is -2.19. The highest BCUT2D eigenvalue weighted by Crippen LogP contribution is 2.28. The molecular weight excluding hydrogens is 439 g/mol. The molecule has 0 amide bonds. The standard InChI is InChI=1S/C20H30N4O.HI/c1-21-20(22-10-5-13-25-16-17-8-9-17)23-15-18-6-4-7-19(14-18)24-11-2-3-12-24;/h2-4,6-7,14,17H,5,8-13,15-16H2,1H3,(H2,21,22,23);1H. The van der Waals surface area contributed by atoms with Crippen molar-refractivity contribution in [3.05, 3.63) is 42.0 Å². The van der Waals surface area contributed by atoms with E-state index in [0.29, 0.717) is 0 Å². The number of benzene rings is 1. The third-order valence-corrected chi connectivity index (χ3v) is 4.59. The van der Waals surface area contributed by atoms with E-state index >= 15 is 0 Å². The lowest BCUT2D eigenvalue weighted by molar-refractivity contribution is 0.123. The van der Waals surface area contributed by atoms with E-state index in [1.165, 1.54) is 24.1 Å². The molecule has 26 heavy (non-hydrogen) atoms. The van der Waals surface area contributed by atoms with Crippen molar-refractivity contribution in [2.45, 2.75) is 25.8 Å². The quantitative estimate of drug-likeness (QED) is 0.192. The lowest BCUT2D eigenvalue weighted by atomic mass is 10.2. The summed E-state index contributed by atoms with van der Waals surface area (Å²) in [7, 11) is 1.81. The predicted octanol–water partition coefficient (Wildman–Crippen LogP) is 3.16. The maximum atomic E-state index is 5.65. The fourth-order valence-electron chi connectivity index (χ4n) is 2.87. The van der Waals surface area contributed by atoms with Gasteiger partial charge in [0, 0.05) is 52.1 Å². The molecule has 2 N–H and O–H groups in total. The summed E-state index contributed by atoms with van der Waals surface area (Å²) >= 11 is 0. The Morgan fingerprint density at radius 3 is 2.77 bits per heavy atom.